The molecule has 3 heterocycles. The smallest absolute Gasteiger partial charge is 0.0145 e. The molecule has 3 fully saturated rings. The molecular formula is C16H32N4. The summed E-state index contributed by atoms with van der Waals surface area (Å²) in [7, 11) is 4.32. The topological polar surface area (TPSA) is 21.8 Å². The lowest BCUT2D eigenvalue weighted by Gasteiger charge is -2.49. The van der Waals surface area contributed by atoms with Crippen molar-refractivity contribution in [2.75, 3.05) is 53.4 Å². The lowest BCUT2D eigenvalue weighted by molar-refractivity contribution is 0.00724. The summed E-state index contributed by atoms with van der Waals surface area (Å²) in [6, 6.07) is 0.850. The molecule has 0 atom stereocenters. The van der Waals surface area contributed by atoms with Gasteiger partial charge in [-0.05, 0) is 84.2 Å². The number of nitrogens with one attached hydrogen (secondary N) is 1. The van der Waals surface area contributed by atoms with Crippen molar-refractivity contribution >= 4 is 0 Å². The molecule has 116 valence electrons. The average Bonchev–Trinajstić information content (AvgIpc) is 2.52. The van der Waals surface area contributed by atoms with Gasteiger partial charge in [0.2, 0.25) is 0 Å². The van der Waals surface area contributed by atoms with Gasteiger partial charge in [0.15, 0.2) is 0 Å². The standard InChI is InChI=1S/C16H32N4/c1-17-20-9-3-15(4-10-20)19-13-7-16(8-14-19)5-11-18(2)12-6-16/h15,17H,3-14H2,1-2H3. The van der Waals surface area contributed by atoms with Crippen LogP contribution in [0.15, 0.2) is 0 Å². The molecule has 0 aliphatic carbocycles. The van der Waals surface area contributed by atoms with Crippen LogP contribution in [0.4, 0.5) is 0 Å². The third-order valence-electron chi connectivity index (χ3n) is 6.20. The van der Waals surface area contributed by atoms with Crippen LogP contribution in [-0.2, 0) is 0 Å². The summed E-state index contributed by atoms with van der Waals surface area (Å²) in [4.78, 5) is 5.31. The molecular weight excluding hydrogens is 248 g/mol. The van der Waals surface area contributed by atoms with Gasteiger partial charge in [0.1, 0.15) is 0 Å². The normalized spacial score (nSPS) is 30.9. The van der Waals surface area contributed by atoms with Gasteiger partial charge in [-0.3, -0.25) is 5.43 Å². The lowest BCUT2D eigenvalue weighted by atomic mass is 9.71. The second-order valence-corrected chi connectivity index (χ2v) is 7.28. The maximum absolute atomic E-state index is 3.29. The maximum atomic E-state index is 3.29. The first-order valence-electron chi connectivity index (χ1n) is 8.56. The molecule has 20 heavy (non-hydrogen) atoms. The molecule has 3 aliphatic rings. The Kier molecular flexibility index (Phi) is 4.65. The number of piperidine rings is 3. The van der Waals surface area contributed by atoms with Crippen LogP contribution >= 0.6 is 0 Å². The Balaban J connectivity index is 1.47. The maximum Gasteiger partial charge on any atom is 0.0145 e. The van der Waals surface area contributed by atoms with E-state index in [1.807, 2.05) is 7.05 Å². The fourth-order valence-corrected chi connectivity index (χ4v) is 4.41. The van der Waals surface area contributed by atoms with Gasteiger partial charge < -0.3 is 9.80 Å². The third-order valence-corrected chi connectivity index (χ3v) is 6.20. The van der Waals surface area contributed by atoms with Crippen molar-refractivity contribution in [3.05, 3.63) is 0 Å². The van der Waals surface area contributed by atoms with Crippen molar-refractivity contribution in [1.82, 2.24) is 20.2 Å². The molecule has 4 nitrogen and oxygen atoms in total. The molecule has 3 rings (SSSR count). The molecule has 0 amide bonds. The van der Waals surface area contributed by atoms with E-state index in [2.05, 4.69) is 27.3 Å². The Morgan fingerprint density at radius 3 is 1.95 bits per heavy atom. The van der Waals surface area contributed by atoms with E-state index in [1.165, 1.54) is 77.8 Å². The largest absolute Gasteiger partial charge is 0.306 e. The van der Waals surface area contributed by atoms with Crippen LogP contribution in [0.25, 0.3) is 0 Å². The molecule has 0 unspecified atom stereocenters. The minimum Gasteiger partial charge on any atom is -0.306 e. The first kappa shape index (κ1) is 14.8. The summed E-state index contributed by atoms with van der Waals surface area (Å²) in [5, 5.41) is 2.36. The average molecular weight is 280 g/mol. The van der Waals surface area contributed by atoms with Crippen molar-refractivity contribution in [3.8, 4) is 0 Å². The zero-order valence-electron chi connectivity index (χ0n) is 13.4. The van der Waals surface area contributed by atoms with Crippen LogP contribution in [0.3, 0.4) is 0 Å². The molecule has 0 aromatic heterocycles. The Morgan fingerprint density at radius 1 is 0.850 bits per heavy atom. The van der Waals surface area contributed by atoms with Crippen molar-refractivity contribution < 1.29 is 0 Å². The highest BCUT2D eigenvalue weighted by atomic mass is 15.5. The summed E-state index contributed by atoms with van der Waals surface area (Å²) >= 11 is 0. The minimum absolute atomic E-state index is 0.703. The van der Waals surface area contributed by atoms with E-state index in [4.69, 9.17) is 0 Å². The van der Waals surface area contributed by atoms with E-state index >= 15 is 0 Å². The second kappa shape index (κ2) is 6.30. The molecule has 4 heteroatoms. The zero-order chi connectivity index (χ0) is 14.0. The number of hydrazine groups is 1. The van der Waals surface area contributed by atoms with Crippen LogP contribution in [0.5, 0.6) is 0 Å². The highest BCUT2D eigenvalue weighted by molar-refractivity contribution is 4.92. The van der Waals surface area contributed by atoms with Gasteiger partial charge in [0.05, 0.1) is 0 Å². The summed E-state index contributed by atoms with van der Waals surface area (Å²) in [6.45, 7) is 7.78. The van der Waals surface area contributed by atoms with Gasteiger partial charge in [-0.1, -0.05) is 0 Å². The SMILES string of the molecule is CNN1CCC(N2CCC3(CCN(C)CC3)CC2)CC1. The zero-order valence-corrected chi connectivity index (χ0v) is 13.4. The van der Waals surface area contributed by atoms with E-state index < -0.39 is 0 Å². The van der Waals surface area contributed by atoms with Crippen LogP contribution < -0.4 is 5.43 Å². The summed E-state index contributed by atoms with van der Waals surface area (Å²) in [5.74, 6) is 0. The van der Waals surface area contributed by atoms with Gasteiger partial charge in [0, 0.05) is 19.1 Å². The lowest BCUT2D eigenvalue weighted by Crippen LogP contribution is -2.52. The van der Waals surface area contributed by atoms with Crippen LogP contribution in [0.2, 0.25) is 0 Å². The van der Waals surface area contributed by atoms with E-state index in [-0.39, 0.29) is 0 Å². The van der Waals surface area contributed by atoms with Gasteiger partial charge >= 0.3 is 0 Å². The molecule has 0 aromatic rings. The van der Waals surface area contributed by atoms with Crippen LogP contribution in [0, 0.1) is 5.41 Å². The van der Waals surface area contributed by atoms with Crippen LogP contribution in [0.1, 0.15) is 38.5 Å². The van der Waals surface area contributed by atoms with Crippen molar-refractivity contribution in [2.45, 2.75) is 44.6 Å². The van der Waals surface area contributed by atoms with Crippen molar-refractivity contribution in [1.29, 1.82) is 0 Å². The van der Waals surface area contributed by atoms with Gasteiger partial charge in [-0.15, -0.1) is 0 Å². The molecule has 0 radical (unpaired) electrons. The summed E-state index contributed by atoms with van der Waals surface area (Å²) in [5.41, 5.74) is 3.99. The molecule has 1 N–H and O–H groups in total. The molecule has 1 spiro atoms. The summed E-state index contributed by atoms with van der Waals surface area (Å²) in [6.07, 6.45) is 8.47. The van der Waals surface area contributed by atoms with Crippen molar-refractivity contribution in [3.63, 3.8) is 0 Å². The van der Waals surface area contributed by atoms with E-state index in [1.54, 1.807) is 0 Å². The van der Waals surface area contributed by atoms with E-state index in [0.29, 0.717) is 5.41 Å². The number of likely N-dealkylation sites (tertiary alicyclic amines) is 2. The fraction of sp³-hybridized carbons (Fsp3) is 1.00. The monoisotopic (exact) mass is 280 g/mol. The Morgan fingerprint density at radius 2 is 1.40 bits per heavy atom. The van der Waals surface area contributed by atoms with Crippen molar-refractivity contribution in [2.24, 2.45) is 5.41 Å². The van der Waals surface area contributed by atoms with Gasteiger partial charge in [-0.2, -0.15) is 0 Å². The quantitative estimate of drug-likeness (QED) is 0.825. The number of hydrogen-bond acceptors (Lipinski definition) is 4. The number of rotatable bonds is 2. The Hall–Kier alpha value is -0.160. The van der Waals surface area contributed by atoms with Crippen LogP contribution in [-0.4, -0.2) is 74.2 Å². The highest BCUT2D eigenvalue weighted by Crippen LogP contribution is 2.41. The van der Waals surface area contributed by atoms with Gasteiger partial charge in [-0.25, -0.2) is 5.01 Å². The fourth-order valence-electron chi connectivity index (χ4n) is 4.41. The molecule has 3 saturated heterocycles. The predicted octanol–water partition coefficient (Wildman–Crippen LogP) is 1.39. The highest BCUT2D eigenvalue weighted by Gasteiger charge is 2.38. The number of hydrogen-bond donors (Lipinski definition) is 1. The molecule has 0 bridgehead atoms. The van der Waals surface area contributed by atoms with E-state index in [9.17, 15) is 0 Å². The first-order valence-corrected chi connectivity index (χ1v) is 8.56. The third kappa shape index (κ3) is 3.19. The first-order chi connectivity index (χ1) is 9.71. The predicted molar refractivity (Wildman–Crippen MR) is 83.6 cm³/mol. The molecule has 3 aliphatic heterocycles. The summed E-state index contributed by atoms with van der Waals surface area (Å²) < 4.78 is 0. The van der Waals surface area contributed by atoms with Gasteiger partial charge in [0.25, 0.3) is 0 Å². The second-order valence-electron chi connectivity index (χ2n) is 7.28. The molecule has 0 aromatic carbocycles. The minimum atomic E-state index is 0.703. The van der Waals surface area contributed by atoms with E-state index in [0.717, 1.165) is 6.04 Å². The molecule has 0 saturated carbocycles. The Labute approximate surface area is 124 Å². The number of nitrogens with zero attached hydrogens (tertiary/aromatic N) is 3. The Bertz CT molecular complexity index is 294.